The van der Waals surface area contributed by atoms with Gasteiger partial charge in [-0.3, -0.25) is 0 Å². The van der Waals surface area contributed by atoms with Crippen LogP contribution in [0.15, 0.2) is 16.8 Å². The summed E-state index contributed by atoms with van der Waals surface area (Å²) in [5.74, 6) is 1.01. The summed E-state index contributed by atoms with van der Waals surface area (Å²) < 4.78 is 13.1. The molecule has 4 rings (SSSR count). The summed E-state index contributed by atoms with van der Waals surface area (Å²) in [6.07, 6.45) is 6.60. The molecule has 0 bridgehead atoms. The maximum atomic E-state index is 5.65. The first-order chi connectivity index (χ1) is 12.3. The summed E-state index contributed by atoms with van der Waals surface area (Å²) in [7, 11) is 0. The average molecular weight is 342 g/mol. The minimum Gasteiger partial charge on any atom is -0.421 e. The second-order valence-electron chi connectivity index (χ2n) is 6.31. The Morgan fingerprint density at radius 2 is 2.08 bits per heavy atom. The molecule has 132 valence electrons. The highest BCUT2D eigenvalue weighted by Gasteiger charge is 2.22. The lowest BCUT2D eigenvalue weighted by molar-refractivity contribution is 0.0905. The molecule has 1 saturated heterocycles. The second kappa shape index (κ2) is 6.79. The van der Waals surface area contributed by atoms with Crippen molar-refractivity contribution in [2.75, 3.05) is 18.5 Å². The molecule has 1 N–H and O–H groups in total. The van der Waals surface area contributed by atoms with Gasteiger partial charge in [-0.15, -0.1) is 10.2 Å². The van der Waals surface area contributed by atoms with E-state index in [1.807, 2.05) is 10.9 Å². The molecule has 0 amide bonds. The van der Waals surface area contributed by atoms with E-state index in [9.17, 15) is 0 Å². The van der Waals surface area contributed by atoms with Crippen LogP contribution in [0, 0.1) is 6.92 Å². The first kappa shape index (κ1) is 16.0. The summed E-state index contributed by atoms with van der Waals surface area (Å²) in [6.45, 7) is 6.30. The lowest BCUT2D eigenvalue weighted by Crippen LogP contribution is -2.28. The largest absolute Gasteiger partial charge is 0.421 e. The van der Waals surface area contributed by atoms with Crippen molar-refractivity contribution < 1.29 is 9.15 Å². The Balaban J connectivity index is 1.81. The molecule has 3 aromatic rings. The van der Waals surface area contributed by atoms with Gasteiger partial charge in [0.25, 0.3) is 5.89 Å². The van der Waals surface area contributed by atoms with E-state index in [4.69, 9.17) is 9.15 Å². The van der Waals surface area contributed by atoms with Crippen LogP contribution in [0.25, 0.3) is 22.5 Å². The fourth-order valence-electron chi connectivity index (χ4n) is 3.17. The molecule has 8 nitrogen and oxygen atoms in total. The molecule has 0 atom stereocenters. The molecule has 25 heavy (non-hydrogen) atoms. The Hall–Kier alpha value is -2.48. The lowest BCUT2D eigenvalue weighted by atomic mass is 10.1. The zero-order chi connectivity index (χ0) is 17.2. The number of ether oxygens (including phenoxy) is 1. The molecule has 0 aliphatic carbocycles. The number of hydrogen-bond acceptors (Lipinski definition) is 7. The zero-order valence-corrected chi connectivity index (χ0v) is 14.5. The highest BCUT2D eigenvalue weighted by molar-refractivity contribution is 5.96. The van der Waals surface area contributed by atoms with Gasteiger partial charge < -0.3 is 14.5 Å². The van der Waals surface area contributed by atoms with Crippen molar-refractivity contribution in [3.63, 3.8) is 0 Å². The van der Waals surface area contributed by atoms with Crippen LogP contribution in [0.1, 0.15) is 32.1 Å². The predicted molar refractivity (Wildman–Crippen MR) is 93.3 cm³/mol. The number of aryl methyl sites for hydroxylation is 2. The molecule has 4 heterocycles. The molecule has 0 saturated carbocycles. The topological polar surface area (TPSA) is 90.9 Å². The Morgan fingerprint density at radius 1 is 1.24 bits per heavy atom. The van der Waals surface area contributed by atoms with Crippen LogP contribution in [-0.2, 0) is 11.3 Å². The van der Waals surface area contributed by atoms with Gasteiger partial charge in [0.05, 0.1) is 22.8 Å². The predicted octanol–water partition coefficient (Wildman–Crippen LogP) is 2.79. The summed E-state index contributed by atoms with van der Waals surface area (Å²) in [5, 5.41) is 17.3. The number of nitrogens with one attached hydrogen (secondary N) is 1. The van der Waals surface area contributed by atoms with Crippen molar-refractivity contribution >= 4 is 16.7 Å². The van der Waals surface area contributed by atoms with Gasteiger partial charge >= 0.3 is 0 Å². The Kier molecular flexibility index (Phi) is 4.35. The lowest BCUT2D eigenvalue weighted by Gasteiger charge is -2.25. The summed E-state index contributed by atoms with van der Waals surface area (Å²) >= 11 is 0. The van der Waals surface area contributed by atoms with Gasteiger partial charge in [-0.2, -0.15) is 5.10 Å². The van der Waals surface area contributed by atoms with E-state index < -0.39 is 0 Å². The molecule has 1 aliphatic heterocycles. The van der Waals surface area contributed by atoms with Crippen molar-refractivity contribution in [2.45, 2.75) is 45.7 Å². The van der Waals surface area contributed by atoms with Crippen molar-refractivity contribution in [3.05, 3.63) is 18.3 Å². The van der Waals surface area contributed by atoms with E-state index in [-0.39, 0.29) is 0 Å². The van der Waals surface area contributed by atoms with Gasteiger partial charge in [0.15, 0.2) is 5.65 Å². The van der Waals surface area contributed by atoms with E-state index in [1.54, 1.807) is 13.1 Å². The van der Waals surface area contributed by atoms with Crippen LogP contribution in [-0.4, -0.2) is 44.2 Å². The Morgan fingerprint density at radius 3 is 2.80 bits per heavy atom. The minimum atomic E-state index is 0.344. The number of hydrogen-bond donors (Lipinski definition) is 1. The van der Waals surface area contributed by atoms with Crippen molar-refractivity contribution in [3.8, 4) is 11.5 Å². The molecule has 0 aromatic carbocycles. The Labute approximate surface area is 145 Å². The van der Waals surface area contributed by atoms with Crippen LogP contribution in [0.5, 0.6) is 0 Å². The standard InChI is InChI=1S/C17H22N6O2/c1-3-6-23-16-13(10-19-23)15(20-12-4-7-24-8-5-12)14(9-18-16)17-22-21-11(2)25-17/h9-10,12H,3-8H2,1-2H3,(H,18,20). The molecule has 0 unspecified atom stereocenters. The zero-order valence-electron chi connectivity index (χ0n) is 14.5. The first-order valence-electron chi connectivity index (χ1n) is 8.75. The second-order valence-corrected chi connectivity index (χ2v) is 6.31. The van der Waals surface area contributed by atoms with E-state index in [2.05, 4.69) is 32.5 Å². The van der Waals surface area contributed by atoms with Gasteiger partial charge in [0, 0.05) is 38.9 Å². The SMILES string of the molecule is CCCn1ncc2c(NC3CCOCC3)c(-c3nnc(C)o3)cnc21. The summed E-state index contributed by atoms with van der Waals surface area (Å²) in [4.78, 5) is 4.61. The van der Waals surface area contributed by atoms with Gasteiger partial charge in [-0.25, -0.2) is 9.67 Å². The van der Waals surface area contributed by atoms with Crippen LogP contribution in [0.4, 0.5) is 5.69 Å². The van der Waals surface area contributed by atoms with E-state index in [1.165, 1.54) is 0 Å². The molecule has 1 fully saturated rings. The van der Waals surface area contributed by atoms with Crippen LogP contribution in [0.3, 0.4) is 0 Å². The summed E-state index contributed by atoms with van der Waals surface area (Å²) in [6, 6.07) is 0.344. The number of nitrogens with zero attached hydrogens (tertiary/aromatic N) is 5. The molecular weight excluding hydrogens is 320 g/mol. The normalized spacial score (nSPS) is 15.8. The van der Waals surface area contributed by atoms with Crippen LogP contribution >= 0.6 is 0 Å². The number of pyridine rings is 1. The maximum Gasteiger partial charge on any atom is 0.251 e. The first-order valence-corrected chi connectivity index (χ1v) is 8.75. The number of anilines is 1. The molecule has 0 radical (unpaired) electrons. The smallest absolute Gasteiger partial charge is 0.251 e. The third kappa shape index (κ3) is 3.09. The van der Waals surface area contributed by atoms with Gasteiger partial charge in [-0.1, -0.05) is 6.92 Å². The molecule has 0 spiro atoms. The number of rotatable bonds is 5. The van der Waals surface area contributed by atoms with Crippen LogP contribution in [0.2, 0.25) is 0 Å². The third-order valence-electron chi connectivity index (χ3n) is 4.43. The molecule has 3 aromatic heterocycles. The fraction of sp³-hybridized carbons (Fsp3) is 0.529. The molecular formula is C17H22N6O2. The molecule has 8 heteroatoms. The maximum absolute atomic E-state index is 5.65. The van der Waals surface area contributed by atoms with E-state index in [0.29, 0.717) is 17.8 Å². The Bertz CT molecular complexity index is 865. The minimum absolute atomic E-state index is 0.344. The molecule has 1 aliphatic rings. The third-order valence-corrected chi connectivity index (χ3v) is 4.43. The van der Waals surface area contributed by atoms with Crippen molar-refractivity contribution in [1.29, 1.82) is 0 Å². The van der Waals surface area contributed by atoms with Gasteiger partial charge in [0.2, 0.25) is 5.89 Å². The van der Waals surface area contributed by atoms with E-state index in [0.717, 1.165) is 61.3 Å². The quantitative estimate of drug-likeness (QED) is 0.762. The van der Waals surface area contributed by atoms with Crippen LogP contribution < -0.4 is 5.32 Å². The van der Waals surface area contributed by atoms with E-state index >= 15 is 0 Å². The average Bonchev–Trinajstić information content (AvgIpc) is 3.23. The number of fused-ring (bicyclic) bond motifs is 1. The number of aromatic nitrogens is 5. The summed E-state index contributed by atoms with van der Waals surface area (Å²) in [5.41, 5.74) is 2.65. The van der Waals surface area contributed by atoms with Crippen molar-refractivity contribution in [2.24, 2.45) is 0 Å². The fourth-order valence-corrected chi connectivity index (χ4v) is 3.17. The van der Waals surface area contributed by atoms with Gasteiger partial charge in [0.1, 0.15) is 0 Å². The highest BCUT2D eigenvalue weighted by atomic mass is 16.5. The van der Waals surface area contributed by atoms with Gasteiger partial charge in [-0.05, 0) is 19.3 Å². The highest BCUT2D eigenvalue weighted by Crippen LogP contribution is 2.34. The van der Waals surface area contributed by atoms with Crippen molar-refractivity contribution in [1.82, 2.24) is 25.0 Å². The monoisotopic (exact) mass is 342 g/mol.